The Kier molecular flexibility index (Phi) is 4.41. The predicted molar refractivity (Wildman–Crippen MR) is 88.3 cm³/mol. The summed E-state index contributed by atoms with van der Waals surface area (Å²) >= 11 is 0. The first-order valence-electron chi connectivity index (χ1n) is 7.66. The highest BCUT2D eigenvalue weighted by Crippen LogP contribution is 2.30. The van der Waals surface area contributed by atoms with Gasteiger partial charge in [-0.2, -0.15) is 13.2 Å². The number of alkyl halides is 3. The third-order valence-electron chi connectivity index (χ3n) is 3.77. The molecule has 0 radical (unpaired) electrons. The molecule has 1 aromatic carbocycles. The van der Waals surface area contributed by atoms with E-state index in [9.17, 15) is 27.9 Å². The first-order valence-corrected chi connectivity index (χ1v) is 7.66. The van der Waals surface area contributed by atoms with Gasteiger partial charge in [0.2, 0.25) is 0 Å². The minimum Gasteiger partial charge on any atom is -0.392 e. The number of hydrogen-bond acceptors (Lipinski definition) is 4. The van der Waals surface area contributed by atoms with E-state index in [1.807, 2.05) is 0 Å². The van der Waals surface area contributed by atoms with Crippen LogP contribution in [0.4, 0.5) is 13.2 Å². The largest absolute Gasteiger partial charge is 0.416 e. The van der Waals surface area contributed by atoms with E-state index in [4.69, 9.17) is 0 Å². The van der Waals surface area contributed by atoms with Gasteiger partial charge < -0.3 is 5.11 Å². The first-order chi connectivity index (χ1) is 12.2. The molecule has 0 aliphatic carbocycles. The van der Waals surface area contributed by atoms with E-state index in [2.05, 4.69) is 4.98 Å². The van der Waals surface area contributed by atoms with Crippen LogP contribution in [0.3, 0.4) is 0 Å². The van der Waals surface area contributed by atoms with Gasteiger partial charge in [-0.3, -0.25) is 9.36 Å². The molecule has 6 nitrogen and oxygen atoms in total. The Labute approximate surface area is 144 Å². The number of rotatable bonds is 3. The third kappa shape index (κ3) is 3.13. The molecule has 0 aliphatic rings. The van der Waals surface area contributed by atoms with Gasteiger partial charge in [-0.1, -0.05) is 6.07 Å². The number of pyridine rings is 1. The molecule has 0 fully saturated rings. The Morgan fingerprint density at radius 1 is 1.19 bits per heavy atom. The van der Waals surface area contributed by atoms with Gasteiger partial charge in [0.1, 0.15) is 0 Å². The second-order valence-corrected chi connectivity index (χ2v) is 5.81. The molecule has 0 saturated heterocycles. The highest BCUT2D eigenvalue weighted by molar-refractivity contribution is 5.75. The van der Waals surface area contributed by atoms with Crippen LogP contribution in [-0.2, 0) is 12.7 Å². The zero-order chi connectivity index (χ0) is 19.1. The molecular weight excluding hydrogens is 351 g/mol. The van der Waals surface area contributed by atoms with Gasteiger partial charge in [0.05, 0.1) is 29.3 Å². The van der Waals surface area contributed by atoms with Crippen LogP contribution in [-0.4, -0.2) is 25.3 Å². The van der Waals surface area contributed by atoms with E-state index in [-0.39, 0.29) is 23.3 Å². The van der Waals surface area contributed by atoms with Gasteiger partial charge in [-0.15, -0.1) is 0 Å². The second-order valence-electron chi connectivity index (χ2n) is 5.81. The number of hydrogen-bond donors (Lipinski definition) is 1. The summed E-state index contributed by atoms with van der Waals surface area (Å²) in [5.41, 5.74) is -2.60. The molecule has 0 aliphatic heterocycles. The quantitative estimate of drug-likeness (QED) is 0.770. The molecule has 0 bridgehead atoms. The van der Waals surface area contributed by atoms with Crippen molar-refractivity contribution in [2.75, 3.05) is 0 Å². The maximum absolute atomic E-state index is 13.0. The number of benzene rings is 1. The minimum atomic E-state index is -4.59. The van der Waals surface area contributed by atoms with Crippen LogP contribution in [0, 0.1) is 0 Å². The lowest BCUT2D eigenvalue weighted by Crippen LogP contribution is -2.41. The van der Waals surface area contributed by atoms with E-state index >= 15 is 0 Å². The topological polar surface area (TPSA) is 77.1 Å². The van der Waals surface area contributed by atoms with Gasteiger partial charge in [-0.25, -0.2) is 14.3 Å². The Morgan fingerprint density at radius 2 is 1.92 bits per heavy atom. The molecule has 0 spiro atoms. The van der Waals surface area contributed by atoms with Crippen LogP contribution in [0.15, 0.2) is 52.2 Å². The van der Waals surface area contributed by atoms with Crippen molar-refractivity contribution in [3.8, 4) is 5.69 Å². The van der Waals surface area contributed by atoms with E-state index in [1.165, 1.54) is 37.4 Å². The van der Waals surface area contributed by atoms with Crippen molar-refractivity contribution in [1.29, 1.82) is 0 Å². The number of fused-ring (bicyclic) bond motifs is 1. The normalized spacial score (nSPS) is 13.1. The summed E-state index contributed by atoms with van der Waals surface area (Å²) in [7, 11) is 0. The van der Waals surface area contributed by atoms with E-state index < -0.39 is 29.1 Å². The Morgan fingerprint density at radius 3 is 2.58 bits per heavy atom. The van der Waals surface area contributed by atoms with Crippen molar-refractivity contribution >= 4 is 11.0 Å². The maximum Gasteiger partial charge on any atom is 0.416 e. The predicted octanol–water partition coefficient (Wildman–Crippen LogP) is 1.95. The van der Waals surface area contributed by atoms with Gasteiger partial charge in [0.25, 0.3) is 5.56 Å². The smallest absolute Gasteiger partial charge is 0.392 e. The van der Waals surface area contributed by atoms with Gasteiger partial charge in [0.15, 0.2) is 5.65 Å². The molecule has 3 aromatic rings. The fraction of sp³-hybridized carbons (Fsp3) is 0.235. The number of aromatic nitrogens is 3. The molecule has 2 aromatic heterocycles. The number of halogens is 3. The van der Waals surface area contributed by atoms with Crippen LogP contribution in [0.2, 0.25) is 0 Å². The molecule has 1 atom stereocenters. The van der Waals surface area contributed by atoms with Crippen molar-refractivity contribution in [2.24, 2.45) is 0 Å². The van der Waals surface area contributed by atoms with Crippen molar-refractivity contribution in [1.82, 2.24) is 14.1 Å². The van der Waals surface area contributed by atoms with E-state index in [0.29, 0.717) is 0 Å². The molecule has 2 heterocycles. The lowest BCUT2D eigenvalue weighted by molar-refractivity contribution is -0.137. The summed E-state index contributed by atoms with van der Waals surface area (Å²) < 4.78 is 40.8. The fourth-order valence-corrected chi connectivity index (χ4v) is 2.66. The number of nitrogens with zero attached hydrogens (tertiary/aromatic N) is 3. The summed E-state index contributed by atoms with van der Waals surface area (Å²) in [4.78, 5) is 29.3. The molecule has 0 amide bonds. The fourth-order valence-electron chi connectivity index (χ4n) is 2.66. The summed E-state index contributed by atoms with van der Waals surface area (Å²) in [5, 5.41) is 9.63. The highest BCUT2D eigenvalue weighted by Gasteiger charge is 2.31. The summed E-state index contributed by atoms with van der Waals surface area (Å²) in [6.45, 7) is 1.11. The summed E-state index contributed by atoms with van der Waals surface area (Å²) in [6.07, 6.45) is -4.24. The maximum atomic E-state index is 13.0. The van der Waals surface area contributed by atoms with Crippen LogP contribution < -0.4 is 11.2 Å². The zero-order valence-electron chi connectivity index (χ0n) is 13.6. The molecule has 1 N–H and O–H groups in total. The number of aliphatic hydroxyl groups is 1. The first kappa shape index (κ1) is 17.9. The van der Waals surface area contributed by atoms with Crippen LogP contribution in [0.25, 0.3) is 16.7 Å². The third-order valence-corrected chi connectivity index (χ3v) is 3.77. The standard InChI is InChI=1S/C17H14F3N3O3/c1-10(24)9-22-15(25)13-6-3-7-21-14(13)23(16(22)26)12-5-2-4-11(8-12)17(18,19)20/h2-8,10,24H,9H2,1H3. The van der Waals surface area contributed by atoms with Crippen molar-refractivity contribution in [2.45, 2.75) is 25.7 Å². The van der Waals surface area contributed by atoms with Gasteiger partial charge in [-0.05, 0) is 37.3 Å². The van der Waals surface area contributed by atoms with Crippen LogP contribution in [0.1, 0.15) is 12.5 Å². The Balaban J connectivity index is 2.40. The molecule has 26 heavy (non-hydrogen) atoms. The molecule has 0 saturated carbocycles. The molecule has 9 heteroatoms. The minimum absolute atomic E-state index is 0.0522. The lowest BCUT2D eigenvalue weighted by Gasteiger charge is -2.15. The van der Waals surface area contributed by atoms with E-state index in [1.54, 1.807) is 0 Å². The average molecular weight is 365 g/mol. The van der Waals surface area contributed by atoms with E-state index in [0.717, 1.165) is 21.3 Å². The molecular formula is C17H14F3N3O3. The van der Waals surface area contributed by atoms with Crippen LogP contribution >= 0.6 is 0 Å². The Bertz CT molecular complexity index is 1080. The summed E-state index contributed by atoms with van der Waals surface area (Å²) in [5.74, 6) is 0. The van der Waals surface area contributed by atoms with Crippen molar-refractivity contribution in [3.63, 3.8) is 0 Å². The average Bonchev–Trinajstić information content (AvgIpc) is 2.58. The molecule has 136 valence electrons. The van der Waals surface area contributed by atoms with Gasteiger partial charge >= 0.3 is 11.9 Å². The summed E-state index contributed by atoms with van der Waals surface area (Å²) in [6, 6.07) is 7.10. The second kappa shape index (κ2) is 6.41. The van der Waals surface area contributed by atoms with Crippen molar-refractivity contribution in [3.05, 3.63) is 69.0 Å². The number of aliphatic hydroxyl groups excluding tert-OH is 1. The molecule has 3 rings (SSSR count). The monoisotopic (exact) mass is 365 g/mol. The zero-order valence-corrected chi connectivity index (χ0v) is 13.6. The SMILES string of the molecule is CC(O)Cn1c(=O)c2cccnc2n(-c2cccc(C(F)(F)F)c2)c1=O. The Hall–Kier alpha value is -2.94. The van der Waals surface area contributed by atoms with Gasteiger partial charge in [0, 0.05) is 6.20 Å². The lowest BCUT2D eigenvalue weighted by atomic mass is 10.2. The van der Waals surface area contributed by atoms with Crippen molar-refractivity contribution < 1.29 is 18.3 Å². The van der Waals surface area contributed by atoms with Crippen LogP contribution in [0.5, 0.6) is 0 Å². The molecule has 1 unspecified atom stereocenters. The highest BCUT2D eigenvalue weighted by atomic mass is 19.4.